The summed E-state index contributed by atoms with van der Waals surface area (Å²) in [6, 6.07) is 8.98. The zero-order valence-corrected chi connectivity index (χ0v) is 26.3. The van der Waals surface area contributed by atoms with Gasteiger partial charge in [-0.15, -0.1) is 0 Å². The molecule has 0 aliphatic carbocycles. The van der Waals surface area contributed by atoms with Gasteiger partial charge in [-0.1, -0.05) is 74.8 Å². The van der Waals surface area contributed by atoms with Gasteiger partial charge in [-0.05, 0) is 37.1 Å². The van der Waals surface area contributed by atoms with E-state index in [0.29, 0.717) is 34.0 Å². The van der Waals surface area contributed by atoms with E-state index in [2.05, 4.69) is 44.6 Å². The average Bonchev–Trinajstić information content (AvgIpc) is 3.29. The number of hydrogen-bond acceptors (Lipinski definition) is 9. The number of amides is 1. The van der Waals surface area contributed by atoms with Gasteiger partial charge in [0, 0.05) is 22.1 Å². The summed E-state index contributed by atoms with van der Waals surface area (Å²) in [4.78, 5) is 16.5. The van der Waals surface area contributed by atoms with Gasteiger partial charge in [0.05, 0.1) is 17.0 Å². The predicted molar refractivity (Wildman–Crippen MR) is 171 cm³/mol. The summed E-state index contributed by atoms with van der Waals surface area (Å²) < 4.78 is 5.48. The lowest BCUT2D eigenvalue weighted by atomic mass is 9.86. The predicted octanol–water partition coefficient (Wildman–Crippen LogP) is 5.78. The number of H-pyrrole nitrogens is 1. The number of aliphatic imine (C=N–C) groups is 1. The summed E-state index contributed by atoms with van der Waals surface area (Å²) in [7, 11) is 0. The third-order valence-corrected chi connectivity index (χ3v) is 6.10. The number of hydrogen-bond donors (Lipinski definition) is 6. The molecule has 0 aliphatic rings. The molecule has 0 fully saturated rings. The number of carbonyl (C=O) groups excluding carboxylic acids is 1. The van der Waals surface area contributed by atoms with Crippen LogP contribution < -0.4 is 28.2 Å². The second kappa shape index (κ2) is 16.2. The van der Waals surface area contributed by atoms with Crippen molar-refractivity contribution >= 4 is 34.8 Å². The number of allylic oxidation sites excluding steroid dienone is 1. The molecule has 0 saturated heterocycles. The number of unbranched alkanes of at least 4 members (excludes halogenated alkanes) is 1. The Bertz CT molecular complexity index is 1270. The van der Waals surface area contributed by atoms with Gasteiger partial charge < -0.3 is 16.2 Å². The maximum atomic E-state index is 12.1. The van der Waals surface area contributed by atoms with Crippen molar-refractivity contribution in [3.63, 3.8) is 0 Å². The Labute approximate surface area is 249 Å². The maximum Gasteiger partial charge on any atom is 0.411 e. The van der Waals surface area contributed by atoms with E-state index in [-0.39, 0.29) is 22.8 Å². The van der Waals surface area contributed by atoms with Crippen molar-refractivity contribution in [2.75, 3.05) is 11.1 Å². The lowest BCUT2D eigenvalue weighted by molar-refractivity contribution is 0.101. The Morgan fingerprint density at radius 1 is 1.19 bits per heavy atom. The lowest BCUT2D eigenvalue weighted by Gasteiger charge is -2.19. The third-order valence-electron chi connectivity index (χ3n) is 6.10. The monoisotopic (exact) mass is 580 g/mol. The standard InChI is InChI=1S/C22H34N6O2.C8H14N4/c1-6-8-9-16(7-2)30-21(29)25-15-12-10-14(11-13-15)19(24)26-20-17(23)18(27-28-20)22(3,4)5;1-6(5-9)7(11-12-10)8(2,3)4/h10-13,16H,6-9,23H2,1-5H3,(H,25,29)(H3,24,26,27,28);12H,1,10H2,2-4H3/b;11-7+. The van der Waals surface area contributed by atoms with E-state index in [1.807, 2.05) is 54.5 Å². The second-order valence-electron chi connectivity index (χ2n) is 11.8. The molecule has 1 amide bonds. The average molecular weight is 581 g/mol. The normalized spacial score (nSPS) is 12.9. The fraction of sp³-hybridized carbons (Fsp3) is 0.500. The van der Waals surface area contributed by atoms with Crippen molar-refractivity contribution in [3.05, 3.63) is 47.7 Å². The summed E-state index contributed by atoms with van der Waals surface area (Å²) in [5.74, 6) is 5.68. The van der Waals surface area contributed by atoms with Gasteiger partial charge in [-0.3, -0.25) is 10.4 Å². The van der Waals surface area contributed by atoms with Crippen molar-refractivity contribution in [1.29, 1.82) is 5.26 Å². The number of benzene rings is 1. The van der Waals surface area contributed by atoms with Crippen LogP contribution in [0.2, 0.25) is 0 Å². The van der Waals surface area contributed by atoms with E-state index in [0.717, 1.165) is 31.4 Å². The van der Waals surface area contributed by atoms with Crippen molar-refractivity contribution in [2.45, 2.75) is 92.6 Å². The Hall–Kier alpha value is -4.37. The molecule has 9 N–H and O–H groups in total. The number of carbonyl (C=O) groups is 1. The summed E-state index contributed by atoms with van der Waals surface area (Å²) in [5.41, 5.74) is 17.6. The first-order chi connectivity index (χ1) is 19.6. The van der Waals surface area contributed by atoms with E-state index in [9.17, 15) is 4.79 Å². The summed E-state index contributed by atoms with van der Waals surface area (Å²) >= 11 is 0. The summed E-state index contributed by atoms with van der Waals surface area (Å²) in [6.07, 6.45) is 3.27. The molecule has 42 heavy (non-hydrogen) atoms. The molecule has 1 aromatic carbocycles. The van der Waals surface area contributed by atoms with Crippen molar-refractivity contribution < 1.29 is 9.53 Å². The maximum absolute atomic E-state index is 12.1. The highest BCUT2D eigenvalue weighted by Gasteiger charge is 2.23. The molecule has 2 rings (SSSR count). The van der Waals surface area contributed by atoms with E-state index in [1.165, 1.54) is 0 Å². The van der Waals surface area contributed by atoms with Gasteiger partial charge in [-0.25, -0.2) is 21.2 Å². The van der Waals surface area contributed by atoms with Gasteiger partial charge in [0.15, 0.2) is 5.82 Å². The smallest absolute Gasteiger partial charge is 0.411 e. The van der Waals surface area contributed by atoms with Crippen molar-refractivity contribution in [2.24, 2.45) is 27.1 Å². The molecule has 1 heterocycles. The molecular weight excluding hydrogens is 532 g/mol. The third kappa shape index (κ3) is 11.2. The summed E-state index contributed by atoms with van der Waals surface area (Å²) in [5, 5.41) is 22.2. The quantitative estimate of drug-likeness (QED) is 0.0666. The molecular formula is C30H48N10O2. The van der Waals surface area contributed by atoms with Crippen LogP contribution in [0.15, 0.2) is 46.5 Å². The Kier molecular flexibility index (Phi) is 13.7. The van der Waals surface area contributed by atoms with Gasteiger partial charge in [0.25, 0.3) is 0 Å². The van der Waals surface area contributed by atoms with Gasteiger partial charge >= 0.3 is 6.09 Å². The number of ether oxygens (including phenoxy) is 1. The van der Waals surface area contributed by atoms with Crippen LogP contribution in [0.1, 0.15) is 92.3 Å². The molecule has 1 atom stereocenters. The molecule has 2 aromatic rings. The molecule has 230 valence electrons. The molecule has 0 spiro atoms. The number of nitrogens with zero attached hydrogens (tertiary/aromatic N) is 4. The van der Waals surface area contributed by atoms with Crippen LogP contribution in [0.25, 0.3) is 0 Å². The minimum absolute atomic E-state index is 0.0655. The molecule has 0 radical (unpaired) electrons. The number of aromatic amines is 1. The highest BCUT2D eigenvalue weighted by Crippen LogP contribution is 2.32. The molecule has 0 bridgehead atoms. The lowest BCUT2D eigenvalue weighted by Crippen LogP contribution is -2.27. The van der Waals surface area contributed by atoms with Gasteiger partial charge in [0.1, 0.15) is 23.7 Å². The number of hydrazone groups is 1. The summed E-state index contributed by atoms with van der Waals surface area (Å²) in [6.45, 7) is 19.6. The topological polar surface area (TPSA) is 206 Å². The Morgan fingerprint density at radius 3 is 2.26 bits per heavy atom. The number of nitrogens with one attached hydrogen (secondary N) is 3. The highest BCUT2D eigenvalue weighted by molar-refractivity contribution is 6.06. The van der Waals surface area contributed by atoms with E-state index >= 15 is 0 Å². The molecule has 1 unspecified atom stereocenters. The van der Waals surface area contributed by atoms with E-state index in [4.69, 9.17) is 27.3 Å². The van der Waals surface area contributed by atoms with Crippen LogP contribution in [0.4, 0.5) is 22.0 Å². The first-order valence-electron chi connectivity index (χ1n) is 14.0. The second-order valence-corrected chi connectivity index (χ2v) is 11.8. The van der Waals surface area contributed by atoms with Crippen LogP contribution in [0, 0.1) is 16.7 Å². The first-order valence-corrected chi connectivity index (χ1v) is 14.0. The number of hydrazine groups is 1. The van der Waals surface area contributed by atoms with Crippen molar-refractivity contribution in [3.8, 4) is 6.07 Å². The van der Waals surface area contributed by atoms with Gasteiger partial charge in [0.2, 0.25) is 0 Å². The fourth-order valence-electron chi connectivity index (χ4n) is 3.78. The largest absolute Gasteiger partial charge is 0.446 e. The van der Waals surface area contributed by atoms with E-state index < -0.39 is 6.09 Å². The Morgan fingerprint density at radius 2 is 1.81 bits per heavy atom. The number of nitriles is 1. The number of rotatable bonds is 10. The highest BCUT2D eigenvalue weighted by atomic mass is 16.6. The van der Waals surface area contributed by atoms with Crippen LogP contribution in [-0.2, 0) is 10.2 Å². The van der Waals surface area contributed by atoms with Crippen LogP contribution >= 0.6 is 0 Å². The van der Waals surface area contributed by atoms with Crippen molar-refractivity contribution in [1.82, 2.24) is 15.7 Å². The zero-order chi connectivity index (χ0) is 32.1. The molecule has 12 heteroatoms. The zero-order valence-electron chi connectivity index (χ0n) is 26.3. The molecule has 0 saturated carbocycles. The first kappa shape index (κ1) is 35.7. The number of amidine groups is 1. The Balaban J connectivity index is 0.000000619. The molecule has 1 aromatic heterocycles. The van der Waals surface area contributed by atoms with E-state index in [1.54, 1.807) is 24.3 Å². The molecule has 12 nitrogen and oxygen atoms in total. The minimum Gasteiger partial charge on any atom is -0.446 e. The fourth-order valence-corrected chi connectivity index (χ4v) is 3.78. The SMILES string of the molecule is C=C(C#N)/C(=N\NN)C(C)(C)C.CCCCC(CC)OC(=O)Nc1ccc(C(N)=Nc2n[nH]c(C(C)(C)C)c2N)cc1. The van der Waals surface area contributed by atoms with Crippen LogP contribution in [0.5, 0.6) is 0 Å². The number of aromatic nitrogens is 2. The van der Waals surface area contributed by atoms with Crippen LogP contribution in [-0.4, -0.2) is 33.9 Å². The molecule has 0 aliphatic heterocycles. The minimum atomic E-state index is -0.452. The number of anilines is 2. The number of nitrogen functional groups attached to an aromatic ring is 1. The van der Waals surface area contributed by atoms with Crippen LogP contribution in [0.3, 0.4) is 0 Å². The number of nitrogens with two attached hydrogens (primary N) is 3. The van der Waals surface area contributed by atoms with Gasteiger partial charge in [-0.2, -0.15) is 15.5 Å².